The van der Waals surface area contributed by atoms with E-state index >= 15 is 0 Å². The summed E-state index contributed by atoms with van der Waals surface area (Å²) in [4.78, 5) is 2.41. The summed E-state index contributed by atoms with van der Waals surface area (Å²) in [5.41, 5.74) is 6.79. The van der Waals surface area contributed by atoms with Gasteiger partial charge in [-0.2, -0.15) is 5.26 Å². The molecule has 0 radical (unpaired) electrons. The number of rotatable bonds is 4. The fraction of sp³-hybridized carbons (Fsp3) is 0.533. The lowest BCUT2D eigenvalue weighted by atomic mass is 9.98. The first kappa shape index (κ1) is 14.0. The van der Waals surface area contributed by atoms with Crippen LogP contribution in [0.3, 0.4) is 0 Å². The topological polar surface area (TPSA) is 53.0 Å². The van der Waals surface area contributed by atoms with Crippen molar-refractivity contribution in [3.8, 4) is 6.07 Å². The van der Waals surface area contributed by atoms with Crippen molar-refractivity contribution >= 4 is 0 Å². The molecule has 0 bridgehead atoms. The Hall–Kier alpha value is -1.44. The molecule has 2 N–H and O–H groups in total. The van der Waals surface area contributed by atoms with Gasteiger partial charge in [0.15, 0.2) is 0 Å². The van der Waals surface area contributed by atoms with Crippen LogP contribution < -0.4 is 5.73 Å². The highest BCUT2D eigenvalue weighted by atomic mass is 19.1. The third-order valence-corrected chi connectivity index (χ3v) is 3.79. The molecular formula is C15H20FN3. The van der Waals surface area contributed by atoms with Gasteiger partial charge in [-0.3, -0.25) is 4.90 Å². The Morgan fingerprint density at radius 1 is 1.42 bits per heavy atom. The molecule has 2 rings (SSSR count). The van der Waals surface area contributed by atoms with E-state index in [4.69, 9.17) is 11.0 Å². The number of nitriles is 1. The molecule has 4 heteroatoms. The number of benzene rings is 1. The van der Waals surface area contributed by atoms with Crippen molar-refractivity contribution in [3.05, 3.63) is 35.1 Å². The van der Waals surface area contributed by atoms with Gasteiger partial charge >= 0.3 is 0 Å². The van der Waals surface area contributed by atoms with Crippen molar-refractivity contribution in [3.63, 3.8) is 0 Å². The van der Waals surface area contributed by atoms with Crippen molar-refractivity contribution in [1.29, 1.82) is 5.26 Å². The Bertz CT molecular complexity index is 465. The first-order chi connectivity index (χ1) is 9.24. The van der Waals surface area contributed by atoms with Gasteiger partial charge in [0.05, 0.1) is 5.56 Å². The molecule has 0 aromatic heterocycles. The normalized spacial score (nSPS) is 20.2. The molecular weight excluding hydrogens is 241 g/mol. The van der Waals surface area contributed by atoms with E-state index in [-0.39, 0.29) is 5.56 Å². The summed E-state index contributed by atoms with van der Waals surface area (Å²) in [7, 11) is 0. The second-order valence-electron chi connectivity index (χ2n) is 5.12. The number of likely N-dealkylation sites (tertiary alicyclic amines) is 1. The highest BCUT2D eigenvalue weighted by Crippen LogP contribution is 2.22. The van der Waals surface area contributed by atoms with Crippen molar-refractivity contribution < 1.29 is 4.39 Å². The van der Waals surface area contributed by atoms with Crippen LogP contribution in [0, 0.1) is 17.1 Å². The van der Waals surface area contributed by atoms with Gasteiger partial charge in [-0.25, -0.2) is 4.39 Å². The lowest BCUT2D eigenvalue weighted by Gasteiger charge is -2.35. The molecule has 1 aliphatic heterocycles. The van der Waals surface area contributed by atoms with E-state index in [1.807, 2.05) is 6.07 Å². The van der Waals surface area contributed by atoms with Crippen LogP contribution in [0.15, 0.2) is 18.2 Å². The maximum Gasteiger partial charge on any atom is 0.140 e. The van der Waals surface area contributed by atoms with Gasteiger partial charge < -0.3 is 5.73 Å². The fourth-order valence-electron chi connectivity index (χ4n) is 2.78. The van der Waals surface area contributed by atoms with E-state index in [9.17, 15) is 4.39 Å². The molecule has 0 saturated carbocycles. The van der Waals surface area contributed by atoms with Crippen molar-refractivity contribution in [2.24, 2.45) is 5.73 Å². The van der Waals surface area contributed by atoms with Crippen molar-refractivity contribution in [1.82, 2.24) is 4.90 Å². The molecule has 1 fully saturated rings. The van der Waals surface area contributed by atoms with Gasteiger partial charge in [-0.05, 0) is 50.0 Å². The van der Waals surface area contributed by atoms with Gasteiger partial charge in [0.25, 0.3) is 0 Å². The van der Waals surface area contributed by atoms with E-state index < -0.39 is 5.82 Å². The fourth-order valence-corrected chi connectivity index (χ4v) is 2.78. The summed E-state index contributed by atoms with van der Waals surface area (Å²) in [5.74, 6) is -0.441. The lowest BCUT2D eigenvalue weighted by molar-refractivity contribution is 0.134. The van der Waals surface area contributed by atoms with Gasteiger partial charge in [-0.1, -0.05) is 12.5 Å². The van der Waals surface area contributed by atoms with E-state index in [0.29, 0.717) is 12.6 Å². The minimum atomic E-state index is -0.441. The average molecular weight is 261 g/mol. The van der Waals surface area contributed by atoms with Gasteiger partial charge in [0, 0.05) is 12.6 Å². The van der Waals surface area contributed by atoms with Crippen molar-refractivity contribution in [2.45, 2.75) is 38.3 Å². The largest absolute Gasteiger partial charge is 0.330 e. The first-order valence-electron chi connectivity index (χ1n) is 6.87. The van der Waals surface area contributed by atoms with E-state index in [1.165, 1.54) is 25.3 Å². The zero-order valence-electron chi connectivity index (χ0n) is 11.1. The molecule has 1 unspecified atom stereocenters. The monoisotopic (exact) mass is 261 g/mol. The van der Waals surface area contributed by atoms with E-state index in [1.54, 1.807) is 12.1 Å². The van der Waals surface area contributed by atoms with Crippen LogP contribution in [0.1, 0.15) is 36.8 Å². The average Bonchev–Trinajstić information content (AvgIpc) is 2.43. The quantitative estimate of drug-likeness (QED) is 0.905. The molecule has 0 amide bonds. The predicted octanol–water partition coefficient (Wildman–Crippen LogP) is 2.40. The van der Waals surface area contributed by atoms with Crippen LogP contribution in [-0.2, 0) is 6.54 Å². The van der Waals surface area contributed by atoms with Crippen LogP contribution in [0.5, 0.6) is 0 Å². The Labute approximate surface area is 113 Å². The van der Waals surface area contributed by atoms with Gasteiger partial charge in [-0.15, -0.1) is 0 Å². The summed E-state index contributed by atoms with van der Waals surface area (Å²) in [6.07, 6.45) is 4.65. The van der Waals surface area contributed by atoms with Gasteiger partial charge in [0.1, 0.15) is 11.9 Å². The molecule has 1 aromatic rings. The second kappa shape index (κ2) is 6.65. The third kappa shape index (κ3) is 3.52. The number of hydrogen-bond acceptors (Lipinski definition) is 3. The molecule has 1 aliphatic rings. The van der Waals surface area contributed by atoms with Crippen molar-refractivity contribution in [2.75, 3.05) is 13.1 Å². The number of nitrogens with zero attached hydrogens (tertiary/aromatic N) is 2. The number of nitrogens with two attached hydrogens (primary N) is 1. The molecule has 3 nitrogen and oxygen atoms in total. The highest BCUT2D eigenvalue weighted by molar-refractivity contribution is 5.34. The minimum absolute atomic E-state index is 0.130. The molecule has 0 spiro atoms. The number of piperidine rings is 1. The molecule has 102 valence electrons. The summed E-state index contributed by atoms with van der Waals surface area (Å²) in [5, 5.41) is 8.86. The maximum absolute atomic E-state index is 13.3. The lowest BCUT2D eigenvalue weighted by Crippen LogP contribution is -2.40. The standard InChI is InChI=1S/C15H20FN3/c16-15-5-4-12(9-13(15)10-18)11-19-8-2-1-3-14(19)6-7-17/h4-5,9,14H,1-3,6-8,11,17H2. The van der Waals surface area contributed by atoms with E-state index in [2.05, 4.69) is 4.90 Å². The summed E-state index contributed by atoms with van der Waals surface area (Å²) >= 11 is 0. The molecule has 0 aliphatic carbocycles. The molecule has 1 aromatic carbocycles. The van der Waals surface area contributed by atoms with Crippen LogP contribution >= 0.6 is 0 Å². The zero-order chi connectivity index (χ0) is 13.7. The SMILES string of the molecule is N#Cc1cc(CN2CCCCC2CCN)ccc1F. The molecule has 1 atom stereocenters. The van der Waals surface area contributed by atoms with Crippen LogP contribution in [0.4, 0.5) is 4.39 Å². The number of halogens is 1. The van der Waals surface area contributed by atoms with Crippen LogP contribution in [0.25, 0.3) is 0 Å². The van der Waals surface area contributed by atoms with E-state index in [0.717, 1.165) is 25.1 Å². The smallest absolute Gasteiger partial charge is 0.140 e. The maximum atomic E-state index is 13.3. The predicted molar refractivity (Wildman–Crippen MR) is 72.8 cm³/mol. The Morgan fingerprint density at radius 2 is 2.26 bits per heavy atom. The molecule has 19 heavy (non-hydrogen) atoms. The second-order valence-corrected chi connectivity index (χ2v) is 5.12. The summed E-state index contributed by atoms with van der Waals surface area (Å²) in [6, 6.07) is 7.23. The highest BCUT2D eigenvalue weighted by Gasteiger charge is 2.21. The third-order valence-electron chi connectivity index (χ3n) is 3.79. The van der Waals surface area contributed by atoms with Crippen LogP contribution in [0.2, 0.25) is 0 Å². The first-order valence-corrected chi connectivity index (χ1v) is 6.87. The molecule has 1 heterocycles. The summed E-state index contributed by atoms with van der Waals surface area (Å²) < 4.78 is 13.3. The Kier molecular flexibility index (Phi) is 4.89. The Balaban J connectivity index is 2.08. The van der Waals surface area contributed by atoms with Gasteiger partial charge in [0.2, 0.25) is 0 Å². The zero-order valence-corrected chi connectivity index (χ0v) is 11.1. The molecule has 1 saturated heterocycles. The Morgan fingerprint density at radius 3 is 3.00 bits per heavy atom. The van der Waals surface area contributed by atoms with Crippen LogP contribution in [-0.4, -0.2) is 24.0 Å². The number of hydrogen-bond donors (Lipinski definition) is 1. The summed E-state index contributed by atoms with van der Waals surface area (Å²) in [6.45, 7) is 2.54. The minimum Gasteiger partial charge on any atom is -0.330 e.